The minimum absolute atomic E-state index is 0.526. The average molecular weight is 392 g/mol. The summed E-state index contributed by atoms with van der Waals surface area (Å²) in [5.41, 5.74) is 2.31. The van der Waals surface area contributed by atoms with Crippen molar-refractivity contribution in [1.29, 1.82) is 0 Å². The molecule has 0 aliphatic rings. The Labute approximate surface area is 153 Å². The molecule has 0 fully saturated rings. The lowest BCUT2D eigenvalue weighted by Crippen LogP contribution is -2.19. The maximum atomic E-state index is 5.98. The van der Waals surface area contributed by atoms with Crippen molar-refractivity contribution < 1.29 is 9.47 Å². The summed E-state index contributed by atoms with van der Waals surface area (Å²) in [6, 6.07) is 14.2. The van der Waals surface area contributed by atoms with Crippen LogP contribution in [0.25, 0.3) is 0 Å². The summed E-state index contributed by atoms with van der Waals surface area (Å²) in [6.45, 7) is 9.32. The molecule has 3 nitrogen and oxygen atoms in total. The Morgan fingerprint density at radius 2 is 1.75 bits per heavy atom. The molecule has 0 atom stereocenters. The van der Waals surface area contributed by atoms with Gasteiger partial charge in [-0.1, -0.05) is 60.1 Å². The Morgan fingerprint density at radius 3 is 2.42 bits per heavy atom. The maximum Gasteiger partial charge on any atom is 0.162 e. The SMILES string of the molecule is CCOc1cc(CNCC(C)C)c(Br)cc1OCc1ccccc1. The second-order valence-electron chi connectivity index (χ2n) is 6.12. The highest BCUT2D eigenvalue weighted by atomic mass is 79.9. The van der Waals surface area contributed by atoms with Gasteiger partial charge in [0.1, 0.15) is 6.61 Å². The summed E-state index contributed by atoms with van der Waals surface area (Å²) in [4.78, 5) is 0. The van der Waals surface area contributed by atoms with Crippen molar-refractivity contribution in [1.82, 2.24) is 5.32 Å². The number of hydrogen-bond donors (Lipinski definition) is 1. The molecule has 2 aromatic carbocycles. The summed E-state index contributed by atoms with van der Waals surface area (Å²) >= 11 is 3.65. The van der Waals surface area contributed by atoms with Crippen LogP contribution in [-0.4, -0.2) is 13.2 Å². The third kappa shape index (κ3) is 5.84. The lowest BCUT2D eigenvalue weighted by atomic mass is 10.1. The van der Waals surface area contributed by atoms with E-state index >= 15 is 0 Å². The molecular weight excluding hydrogens is 366 g/mol. The quantitative estimate of drug-likeness (QED) is 0.639. The van der Waals surface area contributed by atoms with Gasteiger partial charge < -0.3 is 14.8 Å². The van der Waals surface area contributed by atoms with E-state index in [2.05, 4.69) is 53.3 Å². The fourth-order valence-corrected chi connectivity index (χ4v) is 2.79. The molecule has 4 heteroatoms. The fourth-order valence-electron chi connectivity index (χ4n) is 2.32. The topological polar surface area (TPSA) is 30.5 Å². The first-order chi connectivity index (χ1) is 11.6. The van der Waals surface area contributed by atoms with Crippen molar-refractivity contribution in [3.8, 4) is 11.5 Å². The van der Waals surface area contributed by atoms with Gasteiger partial charge in [-0.15, -0.1) is 0 Å². The van der Waals surface area contributed by atoms with Crippen LogP contribution in [0.15, 0.2) is 46.9 Å². The zero-order chi connectivity index (χ0) is 17.4. The third-order valence-electron chi connectivity index (χ3n) is 3.52. The first kappa shape index (κ1) is 18.8. The van der Waals surface area contributed by atoms with E-state index in [9.17, 15) is 0 Å². The summed E-state index contributed by atoms with van der Waals surface area (Å²) in [6.07, 6.45) is 0. The normalized spacial score (nSPS) is 10.9. The van der Waals surface area contributed by atoms with Gasteiger partial charge >= 0.3 is 0 Å². The van der Waals surface area contributed by atoms with Crippen LogP contribution in [0.3, 0.4) is 0 Å². The second kappa shape index (κ2) is 9.70. The van der Waals surface area contributed by atoms with Gasteiger partial charge in [0.2, 0.25) is 0 Å². The van der Waals surface area contributed by atoms with Gasteiger partial charge in [0.05, 0.1) is 6.61 Å². The molecule has 2 rings (SSSR count). The van der Waals surface area contributed by atoms with Crippen LogP contribution >= 0.6 is 15.9 Å². The van der Waals surface area contributed by atoms with Crippen molar-refractivity contribution in [3.63, 3.8) is 0 Å². The zero-order valence-corrected chi connectivity index (χ0v) is 16.2. The molecule has 0 radical (unpaired) electrons. The number of benzene rings is 2. The standard InChI is InChI=1S/C20H26BrNO2/c1-4-23-19-10-17(13-22-12-15(2)3)18(21)11-20(19)24-14-16-8-6-5-7-9-16/h5-11,15,22H,4,12-14H2,1-3H3. The van der Waals surface area contributed by atoms with Crippen LogP contribution in [0.1, 0.15) is 31.9 Å². The van der Waals surface area contributed by atoms with E-state index in [1.807, 2.05) is 31.2 Å². The van der Waals surface area contributed by atoms with E-state index < -0.39 is 0 Å². The van der Waals surface area contributed by atoms with Crippen LogP contribution in [0, 0.1) is 5.92 Å². The second-order valence-corrected chi connectivity index (χ2v) is 6.98. The van der Waals surface area contributed by atoms with Crippen molar-refractivity contribution in [2.45, 2.75) is 33.9 Å². The van der Waals surface area contributed by atoms with Gasteiger partial charge in [0.25, 0.3) is 0 Å². The van der Waals surface area contributed by atoms with E-state index in [0.29, 0.717) is 19.1 Å². The smallest absolute Gasteiger partial charge is 0.162 e. The monoisotopic (exact) mass is 391 g/mol. The molecule has 0 aromatic heterocycles. The first-order valence-corrected chi connectivity index (χ1v) is 9.22. The number of hydrogen-bond acceptors (Lipinski definition) is 3. The lowest BCUT2D eigenvalue weighted by molar-refractivity contribution is 0.269. The molecule has 0 heterocycles. The van der Waals surface area contributed by atoms with Crippen molar-refractivity contribution in [2.24, 2.45) is 5.92 Å². The predicted molar refractivity (Wildman–Crippen MR) is 103 cm³/mol. The summed E-state index contributed by atoms with van der Waals surface area (Å²) in [7, 11) is 0. The molecule has 0 aliphatic heterocycles. The molecule has 2 aromatic rings. The van der Waals surface area contributed by atoms with E-state index in [1.54, 1.807) is 0 Å². The number of nitrogens with one attached hydrogen (secondary N) is 1. The Kier molecular flexibility index (Phi) is 7.60. The molecule has 24 heavy (non-hydrogen) atoms. The molecule has 1 N–H and O–H groups in total. The van der Waals surface area contributed by atoms with E-state index in [-0.39, 0.29) is 0 Å². The maximum absolute atomic E-state index is 5.98. The van der Waals surface area contributed by atoms with Gasteiger partial charge in [-0.25, -0.2) is 0 Å². The molecular formula is C20H26BrNO2. The molecule has 0 bridgehead atoms. The summed E-state index contributed by atoms with van der Waals surface area (Å²) < 4.78 is 12.8. The largest absolute Gasteiger partial charge is 0.490 e. The molecule has 0 unspecified atom stereocenters. The summed E-state index contributed by atoms with van der Waals surface area (Å²) in [5.74, 6) is 2.18. The highest BCUT2D eigenvalue weighted by Crippen LogP contribution is 2.34. The van der Waals surface area contributed by atoms with Crippen molar-refractivity contribution >= 4 is 15.9 Å². The van der Waals surface area contributed by atoms with Crippen LogP contribution in [0.4, 0.5) is 0 Å². The predicted octanol–water partition coefficient (Wildman–Crippen LogP) is 5.17. The lowest BCUT2D eigenvalue weighted by Gasteiger charge is -2.16. The molecule has 0 aliphatic carbocycles. The number of ether oxygens (including phenoxy) is 2. The van der Waals surface area contributed by atoms with Crippen molar-refractivity contribution in [2.75, 3.05) is 13.2 Å². The van der Waals surface area contributed by atoms with Gasteiger partial charge in [0, 0.05) is 11.0 Å². The highest BCUT2D eigenvalue weighted by molar-refractivity contribution is 9.10. The Bertz CT molecular complexity index is 629. The summed E-state index contributed by atoms with van der Waals surface area (Å²) in [5, 5.41) is 3.46. The van der Waals surface area contributed by atoms with Crippen LogP contribution in [0.5, 0.6) is 11.5 Å². The first-order valence-electron chi connectivity index (χ1n) is 8.42. The minimum Gasteiger partial charge on any atom is -0.490 e. The molecule has 130 valence electrons. The molecule has 0 spiro atoms. The Morgan fingerprint density at radius 1 is 1.04 bits per heavy atom. The van der Waals surface area contributed by atoms with Gasteiger partial charge in [-0.3, -0.25) is 0 Å². The molecule has 0 saturated heterocycles. The average Bonchev–Trinajstić information content (AvgIpc) is 2.57. The van der Waals surface area contributed by atoms with E-state index in [1.165, 1.54) is 5.56 Å². The minimum atomic E-state index is 0.526. The van der Waals surface area contributed by atoms with Gasteiger partial charge in [-0.2, -0.15) is 0 Å². The van der Waals surface area contributed by atoms with Crippen LogP contribution in [0.2, 0.25) is 0 Å². The Balaban J connectivity index is 2.10. The van der Waals surface area contributed by atoms with Crippen molar-refractivity contribution in [3.05, 3.63) is 58.1 Å². The van der Waals surface area contributed by atoms with Gasteiger partial charge in [-0.05, 0) is 42.6 Å². The highest BCUT2D eigenvalue weighted by Gasteiger charge is 2.11. The number of halogens is 1. The fraction of sp³-hybridized carbons (Fsp3) is 0.400. The van der Waals surface area contributed by atoms with Crippen LogP contribution in [-0.2, 0) is 13.2 Å². The van der Waals surface area contributed by atoms with Gasteiger partial charge in [0.15, 0.2) is 11.5 Å². The molecule has 0 amide bonds. The zero-order valence-electron chi connectivity index (χ0n) is 14.6. The van der Waals surface area contributed by atoms with E-state index in [0.717, 1.165) is 34.6 Å². The number of rotatable bonds is 9. The van der Waals surface area contributed by atoms with Crippen LogP contribution < -0.4 is 14.8 Å². The molecule has 0 saturated carbocycles. The van der Waals surface area contributed by atoms with E-state index in [4.69, 9.17) is 9.47 Å². The Hall–Kier alpha value is -1.52. The third-order valence-corrected chi connectivity index (χ3v) is 4.26.